The fourth-order valence-electron chi connectivity index (χ4n) is 3.68. The summed E-state index contributed by atoms with van der Waals surface area (Å²) >= 11 is 6.59. The average Bonchev–Trinajstić information content (AvgIpc) is 3.57. The largest absolute Gasteiger partial charge is 0.304 e. The van der Waals surface area contributed by atoms with Gasteiger partial charge >= 0.3 is 0 Å². The van der Waals surface area contributed by atoms with E-state index in [4.69, 9.17) is 16.6 Å². The second kappa shape index (κ2) is 8.47. The molecule has 1 aliphatic carbocycles. The summed E-state index contributed by atoms with van der Waals surface area (Å²) < 4.78 is 1.88. The van der Waals surface area contributed by atoms with Gasteiger partial charge in [0.1, 0.15) is 0 Å². The van der Waals surface area contributed by atoms with Gasteiger partial charge in [-0.05, 0) is 43.0 Å². The second-order valence-electron chi connectivity index (χ2n) is 7.83. The first-order valence-corrected chi connectivity index (χ1v) is 10.8. The Balaban J connectivity index is 1.53. The van der Waals surface area contributed by atoms with E-state index < -0.39 is 0 Å². The van der Waals surface area contributed by atoms with E-state index in [9.17, 15) is 4.79 Å². The van der Waals surface area contributed by atoms with Crippen molar-refractivity contribution in [2.45, 2.75) is 32.2 Å². The Morgan fingerprint density at radius 1 is 1.26 bits per heavy atom. The van der Waals surface area contributed by atoms with Crippen molar-refractivity contribution in [3.8, 4) is 11.3 Å². The van der Waals surface area contributed by atoms with Crippen LogP contribution in [0.25, 0.3) is 22.3 Å². The average molecular weight is 431 g/mol. The molecule has 3 heterocycles. The number of aryl methyl sites for hydroxylation is 1. The van der Waals surface area contributed by atoms with E-state index in [0.29, 0.717) is 27.7 Å². The predicted molar refractivity (Wildman–Crippen MR) is 121 cm³/mol. The van der Waals surface area contributed by atoms with Gasteiger partial charge in [0.05, 0.1) is 21.7 Å². The smallest absolute Gasteiger partial charge is 0.258 e. The van der Waals surface area contributed by atoms with Gasteiger partial charge in [-0.3, -0.25) is 9.78 Å². The first kappa shape index (κ1) is 19.7. The summed E-state index contributed by atoms with van der Waals surface area (Å²) in [4.78, 5) is 21.6. The monoisotopic (exact) mass is 430 g/mol. The van der Waals surface area contributed by atoms with Crippen LogP contribution in [0.15, 0.2) is 54.9 Å². The molecule has 1 aliphatic rings. The van der Waals surface area contributed by atoms with Crippen molar-refractivity contribution < 1.29 is 4.79 Å². The summed E-state index contributed by atoms with van der Waals surface area (Å²) in [6, 6.07) is 15.8. The van der Waals surface area contributed by atoms with E-state index in [-0.39, 0.29) is 5.91 Å². The molecule has 6 nitrogen and oxygen atoms in total. The van der Waals surface area contributed by atoms with Gasteiger partial charge in [0.2, 0.25) is 0 Å². The van der Waals surface area contributed by atoms with Gasteiger partial charge < -0.3 is 5.32 Å². The molecule has 0 spiro atoms. The predicted octanol–water partition coefficient (Wildman–Crippen LogP) is 5.39. The number of anilines is 1. The number of pyridine rings is 2. The zero-order valence-electron chi connectivity index (χ0n) is 16.9. The minimum Gasteiger partial charge on any atom is -0.304 e. The number of carbonyl (C=O) groups is 1. The number of rotatable bonds is 7. The van der Waals surface area contributed by atoms with Crippen LogP contribution in [0.1, 0.15) is 36.0 Å². The van der Waals surface area contributed by atoms with E-state index in [1.807, 2.05) is 35.0 Å². The van der Waals surface area contributed by atoms with Gasteiger partial charge in [-0.2, -0.15) is 5.10 Å². The number of carbonyl (C=O) groups excluding carboxylic acids is 1. The Bertz CT molecular complexity index is 1220. The number of hydrogen-bond acceptors (Lipinski definition) is 4. The summed E-state index contributed by atoms with van der Waals surface area (Å²) in [5, 5.41) is 8.82. The molecule has 0 unspecified atom stereocenters. The number of hydrogen-bond donors (Lipinski definition) is 1. The molecular weight excluding hydrogens is 410 g/mol. The van der Waals surface area contributed by atoms with Crippen molar-refractivity contribution in [1.29, 1.82) is 0 Å². The van der Waals surface area contributed by atoms with Gasteiger partial charge in [0, 0.05) is 24.5 Å². The zero-order chi connectivity index (χ0) is 21.2. The van der Waals surface area contributed by atoms with Crippen LogP contribution in [-0.2, 0) is 6.54 Å². The highest BCUT2D eigenvalue weighted by Gasteiger charge is 2.22. The highest BCUT2D eigenvalue weighted by atomic mass is 35.5. The molecule has 3 aromatic heterocycles. The molecule has 1 N–H and O–H groups in total. The lowest BCUT2D eigenvalue weighted by Crippen LogP contribution is -2.13. The second-order valence-corrected chi connectivity index (χ2v) is 8.24. The Morgan fingerprint density at radius 2 is 2.10 bits per heavy atom. The molecule has 5 rings (SSSR count). The Hall–Kier alpha value is -3.25. The first-order chi connectivity index (χ1) is 15.2. The molecule has 1 aromatic carbocycles. The van der Waals surface area contributed by atoms with Crippen molar-refractivity contribution in [1.82, 2.24) is 19.7 Å². The molecule has 0 aliphatic heterocycles. The number of benzene rings is 1. The SMILES string of the molecule is O=C(Nc1nn(CCCC2CC2)c2nc(-c3cc[c]cc3)c(Cl)cc12)c1cccnc1. The fraction of sp³-hybridized carbons (Fsp3) is 0.250. The van der Waals surface area contributed by atoms with Crippen LogP contribution in [0.5, 0.6) is 0 Å². The van der Waals surface area contributed by atoms with Crippen LogP contribution in [0, 0.1) is 12.0 Å². The summed E-state index contributed by atoms with van der Waals surface area (Å²) in [6.45, 7) is 0.742. The summed E-state index contributed by atoms with van der Waals surface area (Å²) in [5.74, 6) is 1.04. The number of nitrogens with one attached hydrogen (secondary N) is 1. The van der Waals surface area contributed by atoms with E-state index in [0.717, 1.165) is 29.8 Å². The molecule has 1 saturated carbocycles. The normalized spacial score (nSPS) is 13.5. The van der Waals surface area contributed by atoms with Gasteiger partial charge in [-0.25, -0.2) is 9.67 Å². The third-order valence-corrected chi connectivity index (χ3v) is 5.79. The number of halogens is 1. The van der Waals surface area contributed by atoms with Crippen molar-refractivity contribution in [2.24, 2.45) is 5.92 Å². The standard InChI is InChI=1S/C24H21ClN5O/c25-20-14-19-22(28-24(31)18-9-4-12-26-15-18)29-30(13-5-6-16-10-11-16)23(19)27-21(20)17-7-2-1-3-8-17/h2-4,7-9,12,14-16H,5-6,10-11,13H2,(H,28,29,31). The van der Waals surface area contributed by atoms with Gasteiger partial charge in [0.25, 0.3) is 5.91 Å². The van der Waals surface area contributed by atoms with Crippen molar-refractivity contribution in [3.05, 3.63) is 71.5 Å². The lowest BCUT2D eigenvalue weighted by molar-refractivity contribution is 0.102. The molecule has 0 bridgehead atoms. The highest BCUT2D eigenvalue weighted by Crippen LogP contribution is 2.35. The maximum atomic E-state index is 12.7. The third-order valence-electron chi connectivity index (χ3n) is 5.50. The lowest BCUT2D eigenvalue weighted by atomic mass is 10.1. The molecular formula is C24H21ClN5O. The van der Waals surface area contributed by atoms with Crippen LogP contribution < -0.4 is 5.32 Å². The van der Waals surface area contributed by atoms with E-state index >= 15 is 0 Å². The third kappa shape index (κ3) is 4.30. The molecule has 1 fully saturated rings. The van der Waals surface area contributed by atoms with Crippen molar-refractivity contribution >= 4 is 34.4 Å². The van der Waals surface area contributed by atoms with Gasteiger partial charge in [0.15, 0.2) is 11.5 Å². The van der Waals surface area contributed by atoms with Crippen LogP contribution in [0.3, 0.4) is 0 Å². The van der Waals surface area contributed by atoms with Crippen molar-refractivity contribution in [3.63, 3.8) is 0 Å². The molecule has 0 saturated heterocycles. The minimum absolute atomic E-state index is 0.267. The summed E-state index contributed by atoms with van der Waals surface area (Å²) in [6.07, 6.45) is 8.03. The molecule has 155 valence electrons. The molecule has 4 aromatic rings. The zero-order valence-corrected chi connectivity index (χ0v) is 17.6. The molecule has 1 amide bonds. The van der Waals surface area contributed by atoms with Gasteiger partial charge in [-0.1, -0.05) is 48.7 Å². The maximum absolute atomic E-state index is 12.7. The quantitative estimate of drug-likeness (QED) is 0.426. The first-order valence-electron chi connectivity index (χ1n) is 10.4. The topological polar surface area (TPSA) is 72.7 Å². The molecule has 31 heavy (non-hydrogen) atoms. The number of amides is 1. The van der Waals surface area contributed by atoms with E-state index in [1.54, 1.807) is 18.3 Å². The lowest BCUT2D eigenvalue weighted by Gasteiger charge is -2.06. The Kier molecular flexibility index (Phi) is 5.38. The highest BCUT2D eigenvalue weighted by molar-refractivity contribution is 6.34. The molecule has 1 radical (unpaired) electrons. The Morgan fingerprint density at radius 3 is 2.84 bits per heavy atom. The van der Waals surface area contributed by atoms with Crippen LogP contribution in [0.4, 0.5) is 5.82 Å². The number of fused-ring (bicyclic) bond motifs is 1. The molecule has 0 atom stereocenters. The Labute approximate surface area is 185 Å². The van der Waals surface area contributed by atoms with Crippen LogP contribution in [-0.4, -0.2) is 25.7 Å². The van der Waals surface area contributed by atoms with E-state index in [1.165, 1.54) is 25.5 Å². The van der Waals surface area contributed by atoms with E-state index in [2.05, 4.69) is 21.5 Å². The van der Waals surface area contributed by atoms with Crippen molar-refractivity contribution in [2.75, 3.05) is 5.32 Å². The maximum Gasteiger partial charge on any atom is 0.258 e. The van der Waals surface area contributed by atoms with Crippen LogP contribution >= 0.6 is 11.6 Å². The van der Waals surface area contributed by atoms with Crippen LogP contribution in [0.2, 0.25) is 5.02 Å². The summed E-state index contributed by atoms with van der Waals surface area (Å²) in [5.41, 5.74) is 2.79. The fourth-order valence-corrected chi connectivity index (χ4v) is 3.94. The molecule has 7 heteroatoms. The number of nitrogens with zero attached hydrogens (tertiary/aromatic N) is 4. The minimum atomic E-state index is -0.267. The summed E-state index contributed by atoms with van der Waals surface area (Å²) in [7, 11) is 0. The van der Waals surface area contributed by atoms with Gasteiger partial charge in [-0.15, -0.1) is 0 Å². The number of aromatic nitrogens is 4.